The Morgan fingerprint density at radius 1 is 0.444 bits per heavy atom. The first-order valence-corrected chi connectivity index (χ1v) is 21.4. The summed E-state index contributed by atoms with van der Waals surface area (Å²) < 4.78 is 10.6. The second-order valence-corrected chi connectivity index (χ2v) is 13.7. The molecule has 0 aromatic carbocycles. The van der Waals surface area contributed by atoms with Gasteiger partial charge in [-0.2, -0.15) is 0 Å². The minimum absolute atomic E-state index is 0.0950. The Hall–Kier alpha value is -3.44. The normalized spacial score (nSPS) is 13.3. The third-order valence-electron chi connectivity index (χ3n) is 8.55. The van der Waals surface area contributed by atoms with Crippen LogP contribution in [0.1, 0.15) is 168 Å². The zero-order valence-corrected chi connectivity index (χ0v) is 34.4. The van der Waals surface area contributed by atoms with E-state index < -0.39 is 6.10 Å². The molecule has 0 heterocycles. The molecule has 1 atom stereocenters. The molecule has 1 unspecified atom stereocenters. The van der Waals surface area contributed by atoms with Gasteiger partial charge in [0.05, 0.1) is 6.61 Å². The van der Waals surface area contributed by atoms with Gasteiger partial charge in [-0.15, -0.1) is 0 Å². The molecule has 0 fully saturated rings. The van der Waals surface area contributed by atoms with Gasteiger partial charge in [0.2, 0.25) is 0 Å². The van der Waals surface area contributed by atoms with Crippen LogP contribution < -0.4 is 0 Å². The molecule has 0 bridgehead atoms. The molecule has 5 heteroatoms. The second kappa shape index (κ2) is 44.0. The van der Waals surface area contributed by atoms with Gasteiger partial charge in [0.25, 0.3) is 0 Å². The van der Waals surface area contributed by atoms with Crippen molar-refractivity contribution in [1.82, 2.24) is 0 Å². The van der Waals surface area contributed by atoms with Gasteiger partial charge < -0.3 is 14.6 Å². The van der Waals surface area contributed by atoms with Crippen molar-refractivity contribution < 1.29 is 24.2 Å². The summed E-state index contributed by atoms with van der Waals surface area (Å²) in [5.41, 5.74) is 0. The van der Waals surface area contributed by atoms with E-state index in [0.717, 1.165) is 96.3 Å². The Balaban J connectivity index is 3.72. The van der Waals surface area contributed by atoms with Crippen molar-refractivity contribution in [2.45, 2.75) is 174 Å². The number of esters is 2. The minimum Gasteiger partial charge on any atom is -0.462 e. The first-order chi connectivity index (χ1) is 26.6. The summed E-state index contributed by atoms with van der Waals surface area (Å²) in [6.07, 6.45) is 63.0. The van der Waals surface area contributed by atoms with E-state index in [0.29, 0.717) is 12.8 Å². The second-order valence-electron chi connectivity index (χ2n) is 13.7. The summed E-state index contributed by atoms with van der Waals surface area (Å²) in [6, 6.07) is 0. The Bertz CT molecular complexity index is 1120. The van der Waals surface area contributed by atoms with Crippen molar-refractivity contribution in [2.75, 3.05) is 13.2 Å². The van der Waals surface area contributed by atoms with E-state index in [1.165, 1.54) is 44.9 Å². The van der Waals surface area contributed by atoms with Crippen LogP contribution in [0.15, 0.2) is 109 Å². The maximum absolute atomic E-state index is 12.2. The van der Waals surface area contributed by atoms with Crippen molar-refractivity contribution in [3.05, 3.63) is 109 Å². The molecular weight excluding hydrogens is 669 g/mol. The Labute approximate surface area is 331 Å². The van der Waals surface area contributed by atoms with Crippen molar-refractivity contribution in [2.24, 2.45) is 0 Å². The minimum atomic E-state index is -0.805. The fourth-order valence-electron chi connectivity index (χ4n) is 5.33. The summed E-state index contributed by atoms with van der Waals surface area (Å²) in [5.74, 6) is -0.663. The topological polar surface area (TPSA) is 72.8 Å². The fourth-order valence-corrected chi connectivity index (χ4v) is 5.33. The SMILES string of the molecule is CC/C=C\C/C=C\C/C=C\C/C=C\C/C=C\C/C=C\C/C=C\C/C=C\CCCCC(=O)OC(CO)COC(=O)CCCCCCC/C=C\CCCCCC. The van der Waals surface area contributed by atoms with Crippen LogP contribution in [0, 0.1) is 0 Å². The average molecular weight is 747 g/mol. The smallest absolute Gasteiger partial charge is 0.306 e. The highest BCUT2D eigenvalue weighted by Crippen LogP contribution is 2.10. The maximum atomic E-state index is 12.2. The summed E-state index contributed by atoms with van der Waals surface area (Å²) >= 11 is 0. The monoisotopic (exact) mass is 747 g/mol. The number of hydrogen-bond donors (Lipinski definition) is 1. The Morgan fingerprint density at radius 3 is 1.26 bits per heavy atom. The molecule has 0 saturated carbocycles. The molecule has 0 aromatic rings. The van der Waals surface area contributed by atoms with Crippen LogP contribution in [0.2, 0.25) is 0 Å². The Kier molecular flexibility index (Phi) is 41.2. The van der Waals surface area contributed by atoms with Crippen molar-refractivity contribution in [1.29, 1.82) is 0 Å². The molecule has 304 valence electrons. The molecule has 0 aliphatic carbocycles. The number of carbonyl (C=O) groups is 2. The van der Waals surface area contributed by atoms with Gasteiger partial charge in [0, 0.05) is 12.8 Å². The number of ether oxygens (including phenoxy) is 2. The molecular formula is C49H78O5. The predicted molar refractivity (Wildman–Crippen MR) is 232 cm³/mol. The van der Waals surface area contributed by atoms with Crippen molar-refractivity contribution >= 4 is 11.9 Å². The molecule has 54 heavy (non-hydrogen) atoms. The molecule has 0 spiro atoms. The van der Waals surface area contributed by atoms with Gasteiger partial charge in [-0.25, -0.2) is 0 Å². The predicted octanol–water partition coefficient (Wildman–Crippen LogP) is 13.8. The number of unbranched alkanes of at least 4 members (excludes halogenated alkanes) is 11. The van der Waals surface area contributed by atoms with E-state index in [1.54, 1.807) is 0 Å². The van der Waals surface area contributed by atoms with Gasteiger partial charge in [-0.1, -0.05) is 162 Å². The lowest BCUT2D eigenvalue weighted by atomic mass is 10.1. The molecule has 0 rings (SSSR count). The molecule has 0 aromatic heterocycles. The van der Waals surface area contributed by atoms with E-state index in [-0.39, 0.29) is 25.2 Å². The molecule has 0 aliphatic rings. The molecule has 1 N–H and O–H groups in total. The van der Waals surface area contributed by atoms with E-state index in [9.17, 15) is 14.7 Å². The Morgan fingerprint density at radius 2 is 0.796 bits per heavy atom. The zero-order chi connectivity index (χ0) is 39.3. The van der Waals surface area contributed by atoms with E-state index in [4.69, 9.17) is 9.47 Å². The highest BCUT2D eigenvalue weighted by atomic mass is 16.6. The molecule has 0 radical (unpaired) electrons. The van der Waals surface area contributed by atoms with Crippen molar-refractivity contribution in [3.8, 4) is 0 Å². The summed E-state index contributed by atoms with van der Waals surface area (Å²) in [5, 5.41) is 9.56. The third-order valence-corrected chi connectivity index (χ3v) is 8.55. The summed E-state index contributed by atoms with van der Waals surface area (Å²) in [6.45, 7) is 3.94. The summed E-state index contributed by atoms with van der Waals surface area (Å²) in [4.78, 5) is 24.3. The molecule has 0 saturated heterocycles. The quantitative estimate of drug-likeness (QED) is 0.0389. The van der Waals surface area contributed by atoms with Crippen molar-refractivity contribution in [3.63, 3.8) is 0 Å². The first-order valence-electron chi connectivity index (χ1n) is 21.4. The fraction of sp³-hybridized carbons (Fsp3) is 0.592. The highest BCUT2D eigenvalue weighted by Gasteiger charge is 2.16. The van der Waals surface area contributed by atoms with Crippen LogP contribution in [0.25, 0.3) is 0 Å². The van der Waals surface area contributed by atoms with Crippen LogP contribution in [0.4, 0.5) is 0 Å². The van der Waals surface area contributed by atoms with Crippen LogP contribution in [0.3, 0.4) is 0 Å². The van der Waals surface area contributed by atoms with E-state index in [2.05, 4.69) is 123 Å². The summed E-state index contributed by atoms with van der Waals surface area (Å²) in [7, 11) is 0. The van der Waals surface area contributed by atoms with Crippen LogP contribution >= 0.6 is 0 Å². The number of rotatable bonds is 37. The maximum Gasteiger partial charge on any atom is 0.306 e. The molecule has 0 amide bonds. The van der Waals surface area contributed by atoms with Gasteiger partial charge >= 0.3 is 11.9 Å². The first kappa shape index (κ1) is 50.6. The number of aliphatic hydroxyl groups is 1. The lowest BCUT2D eigenvalue weighted by Gasteiger charge is -2.15. The zero-order valence-electron chi connectivity index (χ0n) is 34.4. The largest absolute Gasteiger partial charge is 0.462 e. The standard InChI is InChI=1S/C49H78O5/c1-3-5-7-9-11-13-15-17-18-19-20-21-22-23-24-25-26-27-28-29-30-32-34-36-38-40-42-44-49(52)54-47(45-50)46-53-48(51)43-41-39-37-35-33-31-16-14-12-10-8-6-4-2/h5,7,11,13-14,16-18,20-21,23-24,26-27,29-30,34,36,47,50H,3-4,6,8-10,12,15,19,22,25,28,31-33,35,37-46H2,1-2H3/b7-5-,13-11-,16-14-,18-17-,21-20-,24-23-,27-26-,30-29-,36-34-. The number of aliphatic hydroxyl groups excluding tert-OH is 1. The lowest BCUT2D eigenvalue weighted by molar-refractivity contribution is -0.161. The third kappa shape index (κ3) is 41.3. The van der Waals surface area contributed by atoms with Crippen LogP contribution in [-0.2, 0) is 19.1 Å². The van der Waals surface area contributed by atoms with Gasteiger partial charge in [-0.3, -0.25) is 9.59 Å². The number of allylic oxidation sites excluding steroid dienone is 18. The van der Waals surface area contributed by atoms with Gasteiger partial charge in [-0.05, 0) is 103 Å². The average Bonchev–Trinajstić information content (AvgIpc) is 3.17. The highest BCUT2D eigenvalue weighted by molar-refractivity contribution is 5.70. The van der Waals surface area contributed by atoms with E-state index >= 15 is 0 Å². The van der Waals surface area contributed by atoms with Gasteiger partial charge in [0.15, 0.2) is 6.10 Å². The number of carbonyl (C=O) groups excluding carboxylic acids is 2. The van der Waals surface area contributed by atoms with Gasteiger partial charge in [0.1, 0.15) is 6.61 Å². The number of hydrogen-bond acceptors (Lipinski definition) is 5. The lowest BCUT2D eigenvalue weighted by Crippen LogP contribution is -2.28. The van der Waals surface area contributed by atoms with Crippen LogP contribution in [-0.4, -0.2) is 36.4 Å². The van der Waals surface area contributed by atoms with E-state index in [1.807, 2.05) is 0 Å². The molecule has 0 aliphatic heterocycles. The van der Waals surface area contributed by atoms with Crippen LogP contribution in [0.5, 0.6) is 0 Å². The molecule has 5 nitrogen and oxygen atoms in total.